The van der Waals surface area contributed by atoms with E-state index in [4.69, 9.17) is 9.73 Å². The third-order valence-corrected chi connectivity index (χ3v) is 5.43. The van der Waals surface area contributed by atoms with Crippen molar-refractivity contribution in [3.63, 3.8) is 0 Å². The van der Waals surface area contributed by atoms with Crippen molar-refractivity contribution in [2.75, 3.05) is 46.9 Å². The fourth-order valence-electron chi connectivity index (χ4n) is 3.71. The highest BCUT2D eigenvalue weighted by atomic mass is 127. The van der Waals surface area contributed by atoms with Gasteiger partial charge in [-0.2, -0.15) is 0 Å². The van der Waals surface area contributed by atoms with E-state index in [2.05, 4.69) is 39.3 Å². The van der Waals surface area contributed by atoms with Crippen LogP contribution in [0.1, 0.15) is 57.1 Å². The maximum atomic E-state index is 11.2. The number of aliphatic imine (C=N–C) groups is 1. The molecule has 1 fully saturated rings. The van der Waals surface area contributed by atoms with E-state index in [0.717, 1.165) is 57.2 Å². The number of hydrogen-bond donors (Lipinski definition) is 2. The number of nitrogens with zero attached hydrogens (tertiary/aromatic N) is 2. The van der Waals surface area contributed by atoms with Crippen molar-refractivity contribution in [2.45, 2.75) is 51.5 Å². The number of guanidine groups is 1. The first-order chi connectivity index (χ1) is 14.7. The van der Waals surface area contributed by atoms with Crippen molar-refractivity contribution in [1.82, 2.24) is 15.5 Å². The monoisotopic (exact) mass is 546 g/mol. The number of rotatable bonds is 12. The zero-order valence-corrected chi connectivity index (χ0v) is 21.5. The average molecular weight is 546 g/mol. The van der Waals surface area contributed by atoms with Gasteiger partial charge in [-0.1, -0.05) is 18.6 Å². The van der Waals surface area contributed by atoms with Crippen LogP contribution < -0.4 is 15.4 Å². The van der Waals surface area contributed by atoms with E-state index in [0.29, 0.717) is 13.0 Å². The van der Waals surface area contributed by atoms with Crippen LogP contribution in [-0.4, -0.2) is 63.8 Å². The normalized spacial score (nSPS) is 15.1. The van der Waals surface area contributed by atoms with Gasteiger partial charge in [0.2, 0.25) is 0 Å². The van der Waals surface area contributed by atoms with Crippen LogP contribution >= 0.6 is 24.0 Å². The molecule has 1 aliphatic heterocycles. The molecule has 1 unspecified atom stereocenters. The average Bonchev–Trinajstić information content (AvgIpc) is 3.30. The SMILES string of the molecule is CCNC(=NCC(c1ccc(OC)cc1)N1CCCC1)NCCCCCC(=O)OC.I. The largest absolute Gasteiger partial charge is 0.497 e. The molecule has 31 heavy (non-hydrogen) atoms. The zero-order valence-electron chi connectivity index (χ0n) is 19.2. The lowest BCUT2D eigenvalue weighted by Crippen LogP contribution is -2.38. The first kappa shape index (κ1) is 27.5. The van der Waals surface area contributed by atoms with Gasteiger partial charge in [-0.15, -0.1) is 24.0 Å². The molecule has 1 aromatic carbocycles. The third kappa shape index (κ3) is 10.1. The Labute approximate surface area is 204 Å². The first-order valence-electron chi connectivity index (χ1n) is 11.1. The highest BCUT2D eigenvalue weighted by Crippen LogP contribution is 2.27. The van der Waals surface area contributed by atoms with Gasteiger partial charge in [0.15, 0.2) is 5.96 Å². The number of benzene rings is 1. The number of carbonyl (C=O) groups excluding carboxylic acids is 1. The molecule has 7 nitrogen and oxygen atoms in total. The Morgan fingerprint density at radius 2 is 1.81 bits per heavy atom. The minimum Gasteiger partial charge on any atom is -0.497 e. The lowest BCUT2D eigenvalue weighted by molar-refractivity contribution is -0.140. The predicted molar refractivity (Wildman–Crippen MR) is 136 cm³/mol. The summed E-state index contributed by atoms with van der Waals surface area (Å²) in [4.78, 5) is 18.6. The fourth-order valence-corrected chi connectivity index (χ4v) is 3.71. The number of carbonyl (C=O) groups is 1. The molecule has 176 valence electrons. The van der Waals surface area contributed by atoms with Crippen molar-refractivity contribution in [3.05, 3.63) is 29.8 Å². The van der Waals surface area contributed by atoms with E-state index in [-0.39, 0.29) is 36.0 Å². The highest BCUT2D eigenvalue weighted by Gasteiger charge is 2.23. The Morgan fingerprint density at radius 3 is 2.42 bits per heavy atom. The topological polar surface area (TPSA) is 75.2 Å². The van der Waals surface area contributed by atoms with Crippen molar-refractivity contribution in [2.24, 2.45) is 4.99 Å². The molecule has 0 aromatic heterocycles. The second-order valence-electron chi connectivity index (χ2n) is 7.57. The highest BCUT2D eigenvalue weighted by molar-refractivity contribution is 14.0. The summed E-state index contributed by atoms with van der Waals surface area (Å²) in [7, 11) is 3.13. The van der Waals surface area contributed by atoms with Crippen LogP contribution in [0.25, 0.3) is 0 Å². The Balaban J connectivity index is 0.00000480. The smallest absolute Gasteiger partial charge is 0.305 e. The van der Waals surface area contributed by atoms with E-state index < -0.39 is 0 Å². The summed E-state index contributed by atoms with van der Waals surface area (Å²) in [5.74, 6) is 1.59. The molecule has 0 bridgehead atoms. The second-order valence-corrected chi connectivity index (χ2v) is 7.57. The summed E-state index contributed by atoms with van der Waals surface area (Å²) >= 11 is 0. The van der Waals surface area contributed by atoms with Crippen LogP contribution in [-0.2, 0) is 9.53 Å². The number of likely N-dealkylation sites (tertiary alicyclic amines) is 1. The fraction of sp³-hybridized carbons (Fsp3) is 0.652. The summed E-state index contributed by atoms with van der Waals surface area (Å²) in [6.07, 6.45) is 5.83. The molecule has 0 aliphatic carbocycles. The standard InChI is InChI=1S/C23H38N4O3.HI/c1-4-24-23(25-15-7-5-6-10-22(28)30-3)26-18-21(27-16-8-9-17-27)19-11-13-20(29-2)14-12-19;/h11-14,21H,4-10,15-18H2,1-3H3,(H2,24,25,26);1H. The van der Waals surface area contributed by atoms with Gasteiger partial charge >= 0.3 is 5.97 Å². The lowest BCUT2D eigenvalue weighted by atomic mass is 10.1. The van der Waals surface area contributed by atoms with Crippen molar-refractivity contribution in [1.29, 1.82) is 0 Å². The number of unbranched alkanes of at least 4 members (excludes halogenated alkanes) is 2. The molecule has 0 radical (unpaired) electrons. The van der Waals surface area contributed by atoms with Crippen molar-refractivity contribution in [3.8, 4) is 5.75 Å². The van der Waals surface area contributed by atoms with Gasteiger partial charge in [0.05, 0.1) is 26.8 Å². The molecular formula is C23H39IN4O3. The third-order valence-electron chi connectivity index (χ3n) is 5.43. The van der Waals surface area contributed by atoms with Crippen molar-refractivity contribution < 1.29 is 14.3 Å². The van der Waals surface area contributed by atoms with E-state index in [1.165, 1.54) is 25.5 Å². The molecule has 2 N–H and O–H groups in total. The second kappa shape index (κ2) is 16.1. The van der Waals surface area contributed by atoms with Crippen LogP contribution in [0, 0.1) is 0 Å². The van der Waals surface area contributed by atoms with Crippen LogP contribution in [0.5, 0.6) is 5.75 Å². The van der Waals surface area contributed by atoms with Crippen LogP contribution in [0.3, 0.4) is 0 Å². The maximum absolute atomic E-state index is 11.2. The van der Waals surface area contributed by atoms with Crippen molar-refractivity contribution >= 4 is 35.9 Å². The number of esters is 1. The van der Waals surface area contributed by atoms with Crippen LogP contribution in [0.4, 0.5) is 0 Å². The van der Waals surface area contributed by atoms with E-state index in [9.17, 15) is 4.79 Å². The summed E-state index contributed by atoms with van der Waals surface area (Å²) in [6, 6.07) is 8.63. The minimum absolute atomic E-state index is 0. The zero-order chi connectivity index (χ0) is 21.6. The lowest BCUT2D eigenvalue weighted by Gasteiger charge is -2.27. The molecule has 1 atom stereocenters. The Hall–Kier alpha value is -1.55. The molecule has 1 aliphatic rings. The molecule has 0 spiro atoms. The molecule has 2 rings (SSSR count). The number of nitrogens with one attached hydrogen (secondary N) is 2. The van der Waals surface area contributed by atoms with Gasteiger partial charge in [0, 0.05) is 19.5 Å². The Morgan fingerprint density at radius 1 is 1.10 bits per heavy atom. The summed E-state index contributed by atoms with van der Waals surface area (Å²) in [6.45, 7) is 6.70. The van der Waals surface area contributed by atoms with Gasteiger partial charge < -0.3 is 20.1 Å². The molecule has 8 heteroatoms. The molecule has 1 aromatic rings. The molecular weight excluding hydrogens is 507 g/mol. The van der Waals surface area contributed by atoms with Gasteiger partial charge in [-0.25, -0.2) is 0 Å². The van der Waals surface area contributed by atoms with E-state index in [1.54, 1.807) is 7.11 Å². The first-order valence-corrected chi connectivity index (χ1v) is 11.1. The van der Waals surface area contributed by atoms with E-state index >= 15 is 0 Å². The quantitative estimate of drug-likeness (QED) is 0.137. The van der Waals surface area contributed by atoms with Gasteiger partial charge in [-0.05, 0) is 63.4 Å². The molecule has 1 heterocycles. The number of ether oxygens (including phenoxy) is 2. The van der Waals surface area contributed by atoms with Crippen LogP contribution in [0.2, 0.25) is 0 Å². The van der Waals surface area contributed by atoms with Crippen LogP contribution in [0.15, 0.2) is 29.3 Å². The van der Waals surface area contributed by atoms with E-state index in [1.807, 2.05) is 12.1 Å². The van der Waals surface area contributed by atoms with Gasteiger partial charge in [-0.3, -0.25) is 14.7 Å². The van der Waals surface area contributed by atoms with Gasteiger partial charge in [0.25, 0.3) is 0 Å². The summed E-state index contributed by atoms with van der Waals surface area (Å²) in [5.41, 5.74) is 1.28. The Bertz CT molecular complexity index is 649. The maximum Gasteiger partial charge on any atom is 0.305 e. The number of hydrogen-bond acceptors (Lipinski definition) is 5. The molecule has 0 amide bonds. The molecule has 1 saturated heterocycles. The minimum atomic E-state index is -0.135. The Kier molecular flexibility index (Phi) is 14.3. The number of halogens is 1. The summed E-state index contributed by atoms with van der Waals surface area (Å²) < 4.78 is 9.99. The predicted octanol–water partition coefficient (Wildman–Crippen LogP) is 3.74. The number of methoxy groups -OCH3 is 2. The molecule has 0 saturated carbocycles. The van der Waals surface area contributed by atoms with Gasteiger partial charge in [0.1, 0.15) is 5.75 Å². The summed E-state index contributed by atoms with van der Waals surface area (Å²) in [5, 5.41) is 6.77.